The van der Waals surface area contributed by atoms with Crippen molar-refractivity contribution >= 4 is 11.9 Å². The van der Waals surface area contributed by atoms with E-state index in [2.05, 4.69) is 39.2 Å². The molecular formula is C21H34O4. The van der Waals surface area contributed by atoms with Gasteiger partial charge in [-0.15, -0.1) is 0 Å². The van der Waals surface area contributed by atoms with Crippen molar-refractivity contribution in [1.29, 1.82) is 0 Å². The molecule has 1 atom stereocenters. The van der Waals surface area contributed by atoms with Crippen molar-refractivity contribution in [3.05, 3.63) is 12.2 Å². The molecule has 4 nitrogen and oxygen atoms in total. The summed E-state index contributed by atoms with van der Waals surface area (Å²) in [6.07, 6.45) is 5.46. The number of ether oxygens (including phenoxy) is 2. The molecule has 0 amide bonds. The predicted molar refractivity (Wildman–Crippen MR) is 101 cm³/mol. The highest BCUT2D eigenvalue weighted by atomic mass is 16.5. The van der Waals surface area contributed by atoms with Crippen LogP contribution in [0.2, 0.25) is 0 Å². The second-order valence-corrected chi connectivity index (χ2v) is 6.79. The van der Waals surface area contributed by atoms with Crippen LogP contribution < -0.4 is 0 Å². The van der Waals surface area contributed by atoms with Crippen LogP contribution in [0.15, 0.2) is 12.2 Å². The summed E-state index contributed by atoms with van der Waals surface area (Å²) in [6, 6.07) is 0. The number of hydrogen-bond acceptors (Lipinski definition) is 4. The van der Waals surface area contributed by atoms with Gasteiger partial charge in [0.05, 0.1) is 6.61 Å². The zero-order chi connectivity index (χ0) is 19.1. The number of unbranched alkanes of at least 4 members (excludes halogenated alkanes) is 3. The lowest BCUT2D eigenvalue weighted by Gasteiger charge is -2.14. The maximum atomic E-state index is 11.9. The van der Waals surface area contributed by atoms with Crippen molar-refractivity contribution < 1.29 is 19.1 Å². The average Bonchev–Trinajstić information content (AvgIpc) is 2.51. The third-order valence-corrected chi connectivity index (χ3v) is 3.43. The fraction of sp³-hybridized carbons (Fsp3) is 0.714. The quantitative estimate of drug-likeness (QED) is 0.288. The Morgan fingerprint density at radius 1 is 1.04 bits per heavy atom. The normalized spacial score (nSPS) is 11.4. The van der Waals surface area contributed by atoms with E-state index < -0.39 is 6.10 Å². The van der Waals surface area contributed by atoms with E-state index >= 15 is 0 Å². The van der Waals surface area contributed by atoms with Crippen LogP contribution in [-0.4, -0.2) is 24.6 Å². The summed E-state index contributed by atoms with van der Waals surface area (Å²) in [4.78, 5) is 23.5. The van der Waals surface area contributed by atoms with Gasteiger partial charge in [0.2, 0.25) is 0 Å². The zero-order valence-electron chi connectivity index (χ0n) is 16.4. The Morgan fingerprint density at radius 2 is 1.72 bits per heavy atom. The Bertz CT molecular complexity index is 468. The largest absolute Gasteiger partial charge is 0.466 e. The molecule has 0 aliphatic carbocycles. The van der Waals surface area contributed by atoms with Gasteiger partial charge in [-0.3, -0.25) is 9.59 Å². The fourth-order valence-electron chi connectivity index (χ4n) is 2.15. The molecule has 0 saturated carbocycles. The summed E-state index contributed by atoms with van der Waals surface area (Å²) in [6.45, 7) is 12.3. The number of rotatable bonds is 12. The van der Waals surface area contributed by atoms with E-state index in [1.54, 1.807) is 0 Å². The lowest BCUT2D eigenvalue weighted by Crippen LogP contribution is -2.19. The molecule has 0 fully saturated rings. The molecule has 142 valence electrons. The van der Waals surface area contributed by atoms with E-state index in [-0.39, 0.29) is 24.8 Å². The Kier molecular flexibility index (Phi) is 13.5. The first-order valence-electron chi connectivity index (χ1n) is 9.37. The van der Waals surface area contributed by atoms with Gasteiger partial charge in [-0.25, -0.2) is 0 Å². The molecule has 0 rings (SSSR count). The minimum Gasteiger partial charge on any atom is -0.466 e. The van der Waals surface area contributed by atoms with E-state index in [0.29, 0.717) is 25.4 Å². The van der Waals surface area contributed by atoms with Crippen LogP contribution in [0.4, 0.5) is 0 Å². The van der Waals surface area contributed by atoms with Crippen molar-refractivity contribution in [2.45, 2.75) is 85.2 Å². The minimum absolute atomic E-state index is 0.203. The third-order valence-electron chi connectivity index (χ3n) is 3.43. The molecule has 0 aliphatic rings. The molecule has 25 heavy (non-hydrogen) atoms. The molecule has 0 aromatic heterocycles. The van der Waals surface area contributed by atoms with Crippen molar-refractivity contribution in [2.24, 2.45) is 5.92 Å². The zero-order valence-corrected chi connectivity index (χ0v) is 16.4. The highest BCUT2D eigenvalue weighted by Crippen LogP contribution is 2.10. The average molecular weight is 350 g/mol. The minimum atomic E-state index is -0.422. The van der Waals surface area contributed by atoms with Gasteiger partial charge in [0.25, 0.3) is 0 Å². The third kappa shape index (κ3) is 15.5. The summed E-state index contributed by atoms with van der Waals surface area (Å²) in [7, 11) is 0. The van der Waals surface area contributed by atoms with Crippen LogP contribution in [0.25, 0.3) is 0 Å². The van der Waals surface area contributed by atoms with E-state index in [1.807, 2.05) is 6.92 Å². The van der Waals surface area contributed by atoms with Crippen LogP contribution in [0.1, 0.15) is 79.1 Å². The topological polar surface area (TPSA) is 52.6 Å². The maximum absolute atomic E-state index is 11.9. The predicted octanol–water partition coefficient (Wildman–Crippen LogP) is 4.82. The van der Waals surface area contributed by atoms with E-state index in [9.17, 15) is 9.59 Å². The molecule has 0 N–H and O–H groups in total. The molecule has 0 spiro atoms. The SMILES string of the molecule is C=C(C)C#CC(CC(C)C)OC(=O)CCCC(=O)OCCCCCC. The van der Waals surface area contributed by atoms with Crippen molar-refractivity contribution in [3.63, 3.8) is 0 Å². The van der Waals surface area contributed by atoms with Gasteiger partial charge in [0.1, 0.15) is 0 Å². The van der Waals surface area contributed by atoms with E-state index in [0.717, 1.165) is 31.3 Å². The number of carbonyl (C=O) groups excluding carboxylic acids is 2. The number of hydrogen-bond donors (Lipinski definition) is 0. The number of esters is 2. The maximum Gasteiger partial charge on any atom is 0.307 e. The van der Waals surface area contributed by atoms with Crippen LogP contribution >= 0.6 is 0 Å². The molecular weight excluding hydrogens is 316 g/mol. The van der Waals surface area contributed by atoms with Gasteiger partial charge in [-0.05, 0) is 37.7 Å². The Balaban J connectivity index is 4.04. The summed E-state index contributed by atoms with van der Waals surface area (Å²) in [5.41, 5.74) is 0.742. The lowest BCUT2D eigenvalue weighted by molar-refractivity contribution is -0.147. The highest BCUT2D eigenvalue weighted by molar-refractivity contribution is 5.72. The van der Waals surface area contributed by atoms with E-state index in [1.165, 1.54) is 0 Å². The van der Waals surface area contributed by atoms with Crippen LogP contribution in [0.5, 0.6) is 0 Å². The van der Waals surface area contributed by atoms with Crippen molar-refractivity contribution in [1.82, 2.24) is 0 Å². The molecule has 0 aromatic carbocycles. The molecule has 0 aliphatic heterocycles. The number of carbonyl (C=O) groups is 2. The second-order valence-electron chi connectivity index (χ2n) is 6.79. The van der Waals surface area contributed by atoms with Crippen molar-refractivity contribution in [3.8, 4) is 11.8 Å². The molecule has 0 heterocycles. The van der Waals surface area contributed by atoms with E-state index in [4.69, 9.17) is 9.47 Å². The number of allylic oxidation sites excluding steroid dienone is 1. The van der Waals surface area contributed by atoms with Gasteiger partial charge in [0.15, 0.2) is 6.10 Å². The van der Waals surface area contributed by atoms with Crippen LogP contribution in [0, 0.1) is 17.8 Å². The first-order valence-corrected chi connectivity index (χ1v) is 9.37. The fourth-order valence-corrected chi connectivity index (χ4v) is 2.15. The van der Waals surface area contributed by atoms with Crippen LogP contribution in [-0.2, 0) is 19.1 Å². The van der Waals surface area contributed by atoms with Gasteiger partial charge in [-0.2, -0.15) is 0 Å². The van der Waals surface area contributed by atoms with Gasteiger partial charge in [-0.1, -0.05) is 58.5 Å². The molecule has 0 bridgehead atoms. The second kappa shape index (κ2) is 14.6. The molecule has 0 radical (unpaired) electrons. The van der Waals surface area contributed by atoms with Gasteiger partial charge >= 0.3 is 11.9 Å². The van der Waals surface area contributed by atoms with Gasteiger partial charge < -0.3 is 9.47 Å². The summed E-state index contributed by atoms with van der Waals surface area (Å²) in [5, 5.41) is 0. The lowest BCUT2D eigenvalue weighted by atomic mass is 10.1. The molecule has 1 unspecified atom stereocenters. The summed E-state index contributed by atoms with van der Waals surface area (Å²) < 4.78 is 10.6. The Morgan fingerprint density at radius 3 is 2.32 bits per heavy atom. The Labute approximate surface area is 153 Å². The molecule has 0 saturated heterocycles. The highest BCUT2D eigenvalue weighted by Gasteiger charge is 2.14. The Hall–Kier alpha value is -1.76. The summed E-state index contributed by atoms with van der Waals surface area (Å²) in [5.74, 6) is 5.62. The van der Waals surface area contributed by atoms with Crippen LogP contribution in [0.3, 0.4) is 0 Å². The first kappa shape index (κ1) is 23.2. The monoisotopic (exact) mass is 350 g/mol. The van der Waals surface area contributed by atoms with Crippen molar-refractivity contribution in [2.75, 3.05) is 6.61 Å². The smallest absolute Gasteiger partial charge is 0.307 e. The molecule has 0 aromatic rings. The summed E-state index contributed by atoms with van der Waals surface area (Å²) >= 11 is 0. The van der Waals surface area contributed by atoms with Gasteiger partial charge in [0, 0.05) is 12.8 Å². The first-order chi connectivity index (χ1) is 11.8. The standard InChI is InChI=1S/C21H34O4/c1-6-7-8-9-15-24-20(22)11-10-12-21(23)25-19(16-18(4)5)14-13-17(2)3/h18-19H,2,6-12,15-16H2,1,3-5H3. The molecule has 4 heteroatoms.